The Morgan fingerprint density at radius 2 is 0.644 bits per heavy atom. The molecule has 27 aromatic rings. The Bertz CT molecular complexity index is 8880. The summed E-state index contributed by atoms with van der Waals surface area (Å²) in [6.07, 6.45) is 26.3. The fourth-order valence-corrected chi connectivity index (χ4v) is 20.4. The number of pyridine rings is 3. The van der Waals surface area contributed by atoms with E-state index in [4.69, 9.17) is 46.4 Å². The number of aromatic nitrogens is 9. The molecule has 135 heavy (non-hydrogen) atoms. The van der Waals surface area contributed by atoms with Crippen molar-refractivity contribution in [2.24, 2.45) is 0 Å². The minimum absolute atomic E-state index is 0. The molecule has 15 heterocycles. The van der Waals surface area contributed by atoms with Gasteiger partial charge in [-0.15, -0.1) is 149 Å². The molecule has 12 aromatic carbocycles. The zero-order valence-corrected chi connectivity index (χ0v) is 79.8. The Balaban J connectivity index is 0.000000116. The van der Waals surface area contributed by atoms with Crippen LogP contribution >= 0.6 is 34.0 Å². The van der Waals surface area contributed by atoms with E-state index in [1.165, 1.54) is 0 Å². The summed E-state index contributed by atoms with van der Waals surface area (Å²) >= 11 is 5.03. The summed E-state index contributed by atoms with van der Waals surface area (Å²) in [5.41, 5.74) is 32.2. The second-order valence-corrected chi connectivity index (χ2v) is 34.8. The number of hydrogen-bond donors (Lipinski definition) is 0. The fourth-order valence-electron chi connectivity index (χ4n) is 17.6. The molecule has 648 valence electrons. The van der Waals surface area contributed by atoms with Crippen molar-refractivity contribution < 1.29 is 89.7 Å². The van der Waals surface area contributed by atoms with Crippen LogP contribution in [0.3, 0.4) is 0 Å². The quantitative estimate of drug-likeness (QED) is 0.0891. The van der Waals surface area contributed by atoms with Crippen LogP contribution in [0, 0.1) is 36.4 Å². The number of benzene rings is 12. The molecule has 0 aliphatic heterocycles. The molecule has 15 aromatic heterocycles. The van der Waals surface area contributed by atoms with Gasteiger partial charge in [-0.2, -0.15) is 34.0 Å². The van der Waals surface area contributed by atoms with Gasteiger partial charge in [0.25, 0.3) is 0 Å². The zero-order chi connectivity index (χ0) is 87.1. The first-order valence-corrected chi connectivity index (χ1v) is 45.0. The van der Waals surface area contributed by atoms with Crippen molar-refractivity contribution in [2.75, 3.05) is 0 Å². The van der Waals surface area contributed by atoms with Gasteiger partial charge < -0.3 is 55.2 Å². The van der Waals surface area contributed by atoms with Crippen LogP contribution in [0.1, 0.15) is 0 Å². The summed E-state index contributed by atoms with van der Waals surface area (Å²) in [4.78, 5) is 28.9. The number of rotatable bonds is 15. The third-order valence-corrected chi connectivity index (χ3v) is 27.1. The van der Waals surface area contributed by atoms with Gasteiger partial charge in [-0.25, -0.2) is 0 Å². The van der Waals surface area contributed by atoms with Gasteiger partial charge >= 0.3 is 63.2 Å². The summed E-state index contributed by atoms with van der Waals surface area (Å²) in [5, 5.41) is 9.41. The van der Waals surface area contributed by atoms with E-state index >= 15 is 0 Å². The average molecular weight is 2340 g/mol. The molecule has 0 fully saturated rings. The molecule has 0 spiro atoms. The predicted molar refractivity (Wildman–Crippen MR) is 527 cm³/mol. The van der Waals surface area contributed by atoms with E-state index < -0.39 is 0 Å². The molecule has 0 unspecified atom stereocenters. The van der Waals surface area contributed by atoms with E-state index in [9.17, 15) is 0 Å². The SMILES string of the molecule is [Pt+2].[Pt+2].[Pt+2].[c-]1c(-c2ccc(-c3ccoc3)cn2)cccc1-n1c2[c-]c(-c3nc4ccccc4s3)ccc2c2cc(-c3ccoc3)ccc21.[c-]1c(-c2ccccn2)ccc(-c2ccoc2)c1-n1c2[c-]c(-c3nc4ccccc4s3)ccc2c2cc(-c3ccoc3)ccc21.[c-]1c(-c2ccccn2)cccc1-n1c2[c-]c(-c3nc4ccccc4s3)c(-c3ccoc3)cc2c2cc(-c3ccoc3)ccc21. The summed E-state index contributed by atoms with van der Waals surface area (Å²) in [6.45, 7) is 0. The van der Waals surface area contributed by atoms with Gasteiger partial charge in [0.15, 0.2) is 0 Å². The van der Waals surface area contributed by atoms with Gasteiger partial charge in [0, 0.05) is 92.1 Å². The van der Waals surface area contributed by atoms with E-state index in [-0.39, 0.29) is 63.2 Å². The molecule has 0 radical (unpaired) electrons. The Morgan fingerprint density at radius 1 is 0.252 bits per heavy atom. The molecule has 0 N–H and O–H groups in total. The third-order valence-electron chi connectivity index (χ3n) is 23.9. The standard InChI is InChI=1S/3C38H21N3O2S.3Pt/c1-2-10-37-34(9-1)40-38(44-37)32-21-36-31(20-29(32)27-14-17-43-23-27)30-19-24(26-13-16-42-22-26)11-12-35(30)41(36)28-7-5-6-25(18-28)33-8-3-4-15-39-33;1-2-7-37-34(6-1)40-38(44-37)26-8-11-31-32-19-24(28-14-16-42-22-28)10-13-35(32)41(36(31)20-26)30-5-3-4-25(18-30)33-12-9-27(21-39-33)29-15-17-43-23-29;1-2-7-37-33(6-1)40-38(44-37)26-9-12-30-31-19-24(27-14-17-42-22-27)10-13-34(31)41(36(30)21-26)35-20-25(32-5-3-4-16-39-32)8-11-29(35)28-15-18-43-23-28;;;/h1-17,19-20,22-23H;1-17,19,21-23H;1-19,22-23H;;;/q3*-2;3*+2. The number of hydrogen-bond acceptors (Lipinski definition) is 15. The second kappa shape index (κ2) is 36.5. The van der Waals surface area contributed by atoms with Crippen LogP contribution in [0.15, 0.2) is 411 Å². The first kappa shape index (κ1) is 85.4. The van der Waals surface area contributed by atoms with Gasteiger partial charge in [-0.1, -0.05) is 136 Å². The van der Waals surface area contributed by atoms with Crippen LogP contribution in [0.4, 0.5) is 0 Å². The normalized spacial score (nSPS) is 11.4. The van der Waals surface area contributed by atoms with Crippen LogP contribution < -0.4 is 0 Å². The number of furan rings is 6. The van der Waals surface area contributed by atoms with Crippen LogP contribution in [0.25, 0.3) is 245 Å². The smallest absolute Gasteiger partial charge is 0.473 e. The fraction of sp³-hybridized carbons (Fsp3) is 0. The van der Waals surface area contributed by atoms with Crippen molar-refractivity contribution in [3.8, 4) is 149 Å². The Hall–Kier alpha value is -15.1. The van der Waals surface area contributed by atoms with E-state index in [1.807, 2.05) is 134 Å². The number of thiazole rings is 3. The maximum atomic E-state index is 5.56. The number of para-hydroxylation sites is 3. The molecule has 0 bridgehead atoms. The molecule has 0 saturated carbocycles. The first-order valence-electron chi connectivity index (χ1n) is 42.6. The van der Waals surface area contributed by atoms with E-state index in [0.29, 0.717) is 0 Å². The van der Waals surface area contributed by atoms with Crippen molar-refractivity contribution in [2.45, 2.75) is 0 Å². The first-order chi connectivity index (χ1) is 65.4. The predicted octanol–water partition coefficient (Wildman–Crippen LogP) is 30.7. The maximum absolute atomic E-state index is 5.56. The van der Waals surface area contributed by atoms with E-state index in [2.05, 4.69) is 236 Å². The molecular weight excluding hydrogens is 2270 g/mol. The molecule has 27 rings (SSSR count). The molecule has 0 aliphatic rings. The third kappa shape index (κ3) is 15.9. The molecule has 0 aliphatic carbocycles. The monoisotopic (exact) mass is 2330 g/mol. The van der Waals surface area contributed by atoms with Gasteiger partial charge in [0.1, 0.15) is 0 Å². The number of fused-ring (bicyclic) bond motifs is 12. The summed E-state index contributed by atoms with van der Waals surface area (Å²) < 4.78 is 42.7. The molecule has 0 atom stereocenters. The van der Waals surface area contributed by atoms with Crippen molar-refractivity contribution in [1.82, 2.24) is 43.6 Å². The Kier molecular flexibility index (Phi) is 23.1. The maximum Gasteiger partial charge on any atom is 2.00 e. The van der Waals surface area contributed by atoms with Crippen molar-refractivity contribution in [3.63, 3.8) is 0 Å². The van der Waals surface area contributed by atoms with Gasteiger partial charge in [0.05, 0.1) is 91.7 Å². The largest absolute Gasteiger partial charge is 2.00 e. The van der Waals surface area contributed by atoms with Crippen molar-refractivity contribution >= 4 is 130 Å². The minimum atomic E-state index is 0. The second-order valence-electron chi connectivity index (χ2n) is 31.7. The summed E-state index contributed by atoms with van der Waals surface area (Å²) in [6, 6.07) is 122. The van der Waals surface area contributed by atoms with Crippen LogP contribution in [-0.4, -0.2) is 43.6 Å². The number of nitrogens with zero attached hydrogens (tertiary/aromatic N) is 9. The van der Waals surface area contributed by atoms with Gasteiger partial charge in [-0.05, 0) is 198 Å². The molecule has 21 heteroatoms. The van der Waals surface area contributed by atoms with Crippen molar-refractivity contribution in [3.05, 3.63) is 421 Å². The molecule has 0 amide bonds. The summed E-state index contributed by atoms with van der Waals surface area (Å²) in [5.74, 6) is 0. The van der Waals surface area contributed by atoms with Gasteiger partial charge in [0.2, 0.25) is 0 Å². The van der Waals surface area contributed by atoms with E-state index in [0.717, 1.165) is 245 Å². The van der Waals surface area contributed by atoms with Crippen LogP contribution in [-0.2, 0) is 63.2 Å². The minimum Gasteiger partial charge on any atom is -0.473 e. The van der Waals surface area contributed by atoms with E-state index in [1.54, 1.807) is 109 Å². The van der Waals surface area contributed by atoms with Crippen molar-refractivity contribution in [1.29, 1.82) is 0 Å². The summed E-state index contributed by atoms with van der Waals surface area (Å²) in [7, 11) is 0. The van der Waals surface area contributed by atoms with Gasteiger partial charge in [-0.3, -0.25) is 15.0 Å². The molecule has 15 nitrogen and oxygen atoms in total. The topological polar surface area (TPSA) is 171 Å². The zero-order valence-electron chi connectivity index (χ0n) is 70.5. The average Bonchev–Trinajstić information content (AvgIpc) is 1.61. The molecular formula is C114H63N9O6Pt3S3. The van der Waals surface area contributed by atoms with Crippen LogP contribution in [0.2, 0.25) is 0 Å². The Morgan fingerprint density at radius 3 is 1.10 bits per heavy atom. The Labute approximate surface area is 826 Å². The van der Waals surface area contributed by atoms with Crippen LogP contribution in [0.5, 0.6) is 0 Å². The molecule has 0 saturated heterocycles.